The van der Waals surface area contributed by atoms with E-state index in [4.69, 9.17) is 5.11 Å². The van der Waals surface area contributed by atoms with Crippen LogP contribution in [0.15, 0.2) is 18.2 Å². The van der Waals surface area contributed by atoms with E-state index in [1.54, 1.807) is 18.2 Å². The highest BCUT2D eigenvalue weighted by Gasteiger charge is 2.01. The van der Waals surface area contributed by atoms with Crippen molar-refractivity contribution in [3.8, 4) is 5.75 Å². The lowest BCUT2D eigenvalue weighted by atomic mass is 10.1. The van der Waals surface area contributed by atoms with Crippen LogP contribution in [0.2, 0.25) is 0 Å². The molecule has 70 valence electrons. The fourth-order valence-electron chi connectivity index (χ4n) is 0.957. The average Bonchev–Trinajstić information content (AvgIpc) is 2.07. The van der Waals surface area contributed by atoms with E-state index < -0.39 is 5.97 Å². The summed E-state index contributed by atoms with van der Waals surface area (Å²) in [5.41, 5.74) is 0.935. The zero-order valence-electron chi connectivity index (χ0n) is 6.83. The predicted molar refractivity (Wildman–Crippen MR) is 56.8 cm³/mol. The molecule has 0 saturated carbocycles. The molecule has 0 atom stereocenters. The first-order valence-corrected chi connectivity index (χ1v) is 4.86. The maximum Gasteiger partial charge on any atom is 0.303 e. The van der Waals surface area contributed by atoms with E-state index in [2.05, 4.69) is 0 Å². The van der Waals surface area contributed by atoms with Gasteiger partial charge in [-0.3, -0.25) is 4.79 Å². The second-order valence-electron chi connectivity index (χ2n) is 2.68. The Morgan fingerprint density at radius 2 is 2.15 bits per heavy atom. The number of aliphatic carboxylic acids is 1. The van der Waals surface area contributed by atoms with Crippen LogP contribution in [0.3, 0.4) is 0 Å². The third kappa shape index (κ3) is 3.22. The van der Waals surface area contributed by atoms with Crippen molar-refractivity contribution in [3.63, 3.8) is 0 Å². The topological polar surface area (TPSA) is 57.5 Å². The summed E-state index contributed by atoms with van der Waals surface area (Å²) in [5, 5.41) is 17.6. The number of phenolic OH excluding ortho intramolecular Hbond substituents is 1. The summed E-state index contributed by atoms with van der Waals surface area (Å²) in [6.45, 7) is 0. The molecule has 0 fully saturated rings. The number of hydrogen-bond acceptors (Lipinski definition) is 2. The maximum absolute atomic E-state index is 10.3. The van der Waals surface area contributed by atoms with Crippen LogP contribution in [0.4, 0.5) is 0 Å². The molecule has 1 aromatic rings. The molecule has 0 aliphatic heterocycles. The molecule has 0 aliphatic rings. The van der Waals surface area contributed by atoms with E-state index in [1.807, 2.05) is 22.6 Å². The fraction of sp³-hybridized carbons (Fsp3) is 0.222. The molecule has 0 spiro atoms. The van der Waals surface area contributed by atoms with Crippen molar-refractivity contribution in [1.29, 1.82) is 0 Å². The minimum absolute atomic E-state index is 0.126. The fourth-order valence-corrected chi connectivity index (χ4v) is 1.54. The zero-order chi connectivity index (χ0) is 9.84. The molecule has 0 saturated heterocycles. The predicted octanol–water partition coefficient (Wildman–Crippen LogP) is 2.01. The van der Waals surface area contributed by atoms with E-state index in [0.717, 1.165) is 9.13 Å². The first-order chi connectivity index (χ1) is 6.09. The molecule has 1 rings (SSSR count). The highest BCUT2D eigenvalue weighted by atomic mass is 127. The van der Waals surface area contributed by atoms with Crippen LogP contribution in [0.1, 0.15) is 12.0 Å². The molecule has 0 amide bonds. The van der Waals surface area contributed by atoms with Crippen LogP contribution >= 0.6 is 22.6 Å². The Balaban J connectivity index is 2.68. The van der Waals surface area contributed by atoms with Crippen LogP contribution in [0, 0.1) is 3.57 Å². The summed E-state index contributed by atoms with van der Waals surface area (Å²) in [4.78, 5) is 10.3. The number of aromatic hydroxyl groups is 1. The van der Waals surface area contributed by atoms with E-state index in [9.17, 15) is 9.90 Å². The highest BCUT2D eigenvalue weighted by molar-refractivity contribution is 14.1. The van der Waals surface area contributed by atoms with Crippen LogP contribution in [-0.4, -0.2) is 16.2 Å². The molecule has 3 nitrogen and oxygen atoms in total. The first kappa shape index (κ1) is 10.3. The monoisotopic (exact) mass is 292 g/mol. The largest absolute Gasteiger partial charge is 0.507 e. The Morgan fingerprint density at radius 3 is 2.69 bits per heavy atom. The summed E-state index contributed by atoms with van der Waals surface area (Å²) in [6.07, 6.45) is 0.631. The van der Waals surface area contributed by atoms with Crippen molar-refractivity contribution in [2.24, 2.45) is 0 Å². The van der Waals surface area contributed by atoms with Gasteiger partial charge in [-0.1, -0.05) is 6.07 Å². The van der Waals surface area contributed by atoms with E-state index in [-0.39, 0.29) is 12.2 Å². The molecule has 1 aromatic carbocycles. The van der Waals surface area contributed by atoms with Gasteiger partial charge < -0.3 is 10.2 Å². The summed E-state index contributed by atoms with van der Waals surface area (Å²) in [7, 11) is 0. The van der Waals surface area contributed by atoms with Crippen molar-refractivity contribution in [2.75, 3.05) is 0 Å². The third-order valence-electron chi connectivity index (χ3n) is 1.64. The van der Waals surface area contributed by atoms with Gasteiger partial charge >= 0.3 is 5.97 Å². The number of phenols is 1. The quantitative estimate of drug-likeness (QED) is 0.838. The normalized spacial score (nSPS) is 9.92. The number of aryl methyl sites for hydroxylation is 1. The van der Waals surface area contributed by atoms with Crippen LogP contribution < -0.4 is 0 Å². The van der Waals surface area contributed by atoms with E-state index >= 15 is 0 Å². The molecule has 0 aliphatic carbocycles. The standard InChI is InChI=1S/C9H9IO3/c10-7-5-6(1-3-8(7)11)2-4-9(12)13/h1,3,5,11H,2,4H2,(H,12,13). The van der Waals surface area contributed by atoms with Crippen LogP contribution in [-0.2, 0) is 11.2 Å². The molecule has 13 heavy (non-hydrogen) atoms. The molecule has 4 heteroatoms. The average molecular weight is 292 g/mol. The third-order valence-corrected chi connectivity index (χ3v) is 2.50. The Morgan fingerprint density at radius 1 is 1.46 bits per heavy atom. The van der Waals surface area contributed by atoms with Gasteiger partial charge in [-0.2, -0.15) is 0 Å². The number of halogens is 1. The molecular formula is C9H9IO3. The number of carbonyl (C=O) groups is 1. The van der Waals surface area contributed by atoms with Gasteiger partial charge in [-0.05, 0) is 46.7 Å². The lowest BCUT2D eigenvalue weighted by molar-refractivity contribution is -0.136. The minimum Gasteiger partial charge on any atom is -0.507 e. The van der Waals surface area contributed by atoms with Crippen molar-refractivity contribution in [1.82, 2.24) is 0 Å². The molecule has 0 bridgehead atoms. The van der Waals surface area contributed by atoms with Crippen molar-refractivity contribution < 1.29 is 15.0 Å². The summed E-state index contributed by atoms with van der Waals surface area (Å²) >= 11 is 2.01. The Hall–Kier alpha value is -0.780. The molecule has 2 N–H and O–H groups in total. The van der Waals surface area contributed by atoms with Gasteiger partial charge in [0.1, 0.15) is 5.75 Å². The Labute approximate surface area is 89.5 Å². The Bertz CT molecular complexity index is 323. The molecule has 0 aromatic heterocycles. The van der Waals surface area contributed by atoms with Gasteiger partial charge in [0.2, 0.25) is 0 Å². The van der Waals surface area contributed by atoms with Crippen molar-refractivity contribution >= 4 is 28.6 Å². The smallest absolute Gasteiger partial charge is 0.303 e. The van der Waals surface area contributed by atoms with Crippen molar-refractivity contribution in [2.45, 2.75) is 12.8 Å². The van der Waals surface area contributed by atoms with E-state index in [0.29, 0.717) is 6.42 Å². The first-order valence-electron chi connectivity index (χ1n) is 3.79. The number of rotatable bonds is 3. The van der Waals surface area contributed by atoms with Crippen LogP contribution in [0.5, 0.6) is 5.75 Å². The van der Waals surface area contributed by atoms with Gasteiger partial charge in [0.15, 0.2) is 0 Å². The molecule has 0 heterocycles. The molecule has 0 unspecified atom stereocenters. The maximum atomic E-state index is 10.3. The summed E-state index contributed by atoms with van der Waals surface area (Å²) in [6, 6.07) is 5.11. The number of carboxylic acid groups (broad SMARTS) is 1. The van der Waals surface area contributed by atoms with Crippen molar-refractivity contribution in [3.05, 3.63) is 27.3 Å². The SMILES string of the molecule is O=C(O)CCc1ccc(O)c(I)c1. The number of hydrogen-bond donors (Lipinski definition) is 2. The van der Waals surface area contributed by atoms with Gasteiger partial charge in [0, 0.05) is 6.42 Å². The molecular weight excluding hydrogens is 283 g/mol. The molecule has 0 radical (unpaired) electrons. The van der Waals surface area contributed by atoms with E-state index in [1.165, 1.54) is 0 Å². The lowest BCUT2D eigenvalue weighted by Gasteiger charge is -2.01. The van der Waals surface area contributed by atoms with Gasteiger partial charge in [0.25, 0.3) is 0 Å². The Kier molecular flexibility index (Phi) is 3.53. The number of benzene rings is 1. The summed E-state index contributed by atoms with van der Waals surface area (Å²) < 4.78 is 0.750. The highest BCUT2D eigenvalue weighted by Crippen LogP contribution is 2.20. The second-order valence-corrected chi connectivity index (χ2v) is 3.84. The van der Waals surface area contributed by atoms with Crippen LogP contribution in [0.25, 0.3) is 0 Å². The summed E-state index contributed by atoms with van der Waals surface area (Å²) in [5.74, 6) is -0.567. The van der Waals surface area contributed by atoms with Gasteiger partial charge in [-0.15, -0.1) is 0 Å². The minimum atomic E-state index is -0.803. The number of carboxylic acids is 1. The van der Waals surface area contributed by atoms with Gasteiger partial charge in [-0.25, -0.2) is 0 Å². The second kappa shape index (κ2) is 4.45. The lowest BCUT2D eigenvalue weighted by Crippen LogP contribution is -1.97. The zero-order valence-corrected chi connectivity index (χ0v) is 8.98. The van der Waals surface area contributed by atoms with Gasteiger partial charge in [0.05, 0.1) is 3.57 Å².